The summed E-state index contributed by atoms with van der Waals surface area (Å²) in [7, 11) is 0. The molecule has 0 aliphatic heterocycles. The van der Waals surface area contributed by atoms with Crippen LogP contribution >= 0.6 is 0 Å². The van der Waals surface area contributed by atoms with Gasteiger partial charge in [0.25, 0.3) is 0 Å². The van der Waals surface area contributed by atoms with Gasteiger partial charge < -0.3 is 53.7 Å². The van der Waals surface area contributed by atoms with Crippen molar-refractivity contribution in [3.8, 4) is 50.6 Å². The first-order valence-corrected chi connectivity index (χ1v) is 41.4. The van der Waals surface area contributed by atoms with Crippen LogP contribution in [0.25, 0.3) is 33.4 Å². The Morgan fingerprint density at radius 1 is 0.328 bits per heavy atom. The molecule has 0 aliphatic rings. The topological polar surface area (TPSA) is 405 Å². The zero-order valence-electron chi connectivity index (χ0n) is 74.9. The third-order valence-electron chi connectivity index (χ3n) is 18.0. The van der Waals surface area contributed by atoms with Crippen molar-refractivity contribution in [1.82, 2.24) is 16.4 Å². The molecule has 0 fully saturated rings. The fourth-order valence-corrected chi connectivity index (χ4v) is 12.3. The van der Waals surface area contributed by atoms with E-state index in [9.17, 15) is 67.7 Å². The molecule has 3 atom stereocenters. The Kier molecular flexibility index (Phi) is 40.3. The number of amides is 2. The lowest BCUT2D eigenvalue weighted by Gasteiger charge is -2.24. The number of carboxylic acid groups (broad SMARTS) is 3. The lowest BCUT2D eigenvalue weighted by Crippen LogP contribution is -2.31. The van der Waals surface area contributed by atoms with Crippen LogP contribution in [0.15, 0.2) is 218 Å². The Balaban J connectivity index is 0.000000278. The molecule has 0 aliphatic carbocycles. The van der Waals surface area contributed by atoms with Crippen LogP contribution in [0.1, 0.15) is 207 Å². The van der Waals surface area contributed by atoms with Crippen molar-refractivity contribution in [1.29, 1.82) is 0 Å². The molecule has 9 rings (SSSR count). The number of nitrogens with one attached hydrogen (secondary N) is 3. The monoisotopic (exact) mass is 1760 g/mol. The van der Waals surface area contributed by atoms with Gasteiger partial charge in [-0.1, -0.05) is 146 Å². The van der Waals surface area contributed by atoms with E-state index in [1.807, 2.05) is 126 Å². The fourth-order valence-electron chi connectivity index (χ4n) is 12.3. The maximum Gasteiger partial charge on any atom is 0.338 e. The number of aromatic carboxylic acids is 1. The smallest absolute Gasteiger partial charge is 0.338 e. The third-order valence-corrected chi connectivity index (χ3v) is 18.0. The molecule has 0 heterocycles. The number of ether oxygens (including phenoxy) is 7. The molecule has 0 spiro atoms. The van der Waals surface area contributed by atoms with Crippen LogP contribution in [-0.4, -0.2) is 114 Å². The van der Waals surface area contributed by atoms with Gasteiger partial charge in [0.05, 0.1) is 47.7 Å². The van der Waals surface area contributed by atoms with Crippen LogP contribution in [0.2, 0.25) is 0 Å². The van der Waals surface area contributed by atoms with Gasteiger partial charge in [-0.25, -0.2) is 30.8 Å². The average Bonchev–Trinajstić information content (AvgIpc) is 0.835. The van der Waals surface area contributed by atoms with E-state index in [1.54, 1.807) is 175 Å². The van der Waals surface area contributed by atoms with Crippen molar-refractivity contribution in [3.63, 3.8) is 0 Å². The molecule has 0 saturated heterocycles. The Labute approximate surface area is 745 Å². The summed E-state index contributed by atoms with van der Waals surface area (Å²) in [6, 6.07) is 63.8. The summed E-state index contributed by atoms with van der Waals surface area (Å²) in [5.41, 5.74) is 15.2. The van der Waals surface area contributed by atoms with Gasteiger partial charge in [-0.3, -0.25) is 52.8 Å². The second-order valence-electron chi connectivity index (χ2n) is 33.9. The standard InChI is InChI=1S/C36H43NO8.C28H27NO8.C27H34O6.C9H11NO3/c1-24(38)43-31-17-14-25(15-18-31)23-42-37-32(39)19-16-30(34(41)45-36(5,6)7)21-26-10-8-11-27(20-26)28-12-9-13-29(22-28)33(40)44-35(2,3)4;1-18(30)37-25-11-8-19(9-12-25)17-36-29-26(31)13-10-24(28(34)35)15-20-4-2-5-21(14-20)22-6-3-7-23(16-22)27(32)33;1-26(2,3)32-24(30)21-12-8-11-20(17-21)19-10-7-9-18(15-19)16-22(13-14-23(28)29)25(31)33-27(4,5)6;1-7(11)13-9-4-2-8(3-5-9)6-10-12/h8-15,17-18,20,22,30H,16,19,21,23H2,1-7H3,(H,37,39);2-9,11-12,14,16,24H,10,13,15,17H2,1H3,(H,29,31)(H,32,33)(H,34,35);7-12,15,17,22H,13-14,16H2,1-6H3,(H,28,29);2-5,10,12H,6H2,1H3. The largest absolute Gasteiger partial charge is 0.481 e. The maximum atomic E-state index is 13.2. The van der Waals surface area contributed by atoms with Gasteiger partial charge in [0, 0.05) is 46.6 Å². The summed E-state index contributed by atoms with van der Waals surface area (Å²) >= 11 is 0. The van der Waals surface area contributed by atoms with E-state index in [-0.39, 0.29) is 87.5 Å². The third kappa shape index (κ3) is 40.2. The number of hydrogen-bond acceptors (Lipinski definition) is 23. The molecule has 2 amide bonds. The Morgan fingerprint density at radius 2 is 0.617 bits per heavy atom. The number of carbonyl (C=O) groups is 12. The van der Waals surface area contributed by atoms with Gasteiger partial charge in [-0.15, -0.1) is 0 Å². The number of hydroxylamine groups is 3. The van der Waals surface area contributed by atoms with Crippen LogP contribution in [0, 0.1) is 17.8 Å². The van der Waals surface area contributed by atoms with Crippen LogP contribution in [0.4, 0.5) is 0 Å². The molecule has 3 unspecified atom stereocenters. The van der Waals surface area contributed by atoms with Crippen molar-refractivity contribution in [2.75, 3.05) is 0 Å². The minimum Gasteiger partial charge on any atom is -0.481 e. The number of aliphatic carboxylic acids is 2. The van der Waals surface area contributed by atoms with Crippen LogP contribution in [0.3, 0.4) is 0 Å². The summed E-state index contributed by atoms with van der Waals surface area (Å²) < 4.78 is 37.0. The number of carbonyl (C=O) groups excluding carboxylic acids is 9. The number of esters is 7. The summed E-state index contributed by atoms with van der Waals surface area (Å²) in [4.78, 5) is 153. The zero-order chi connectivity index (χ0) is 94.5. The Morgan fingerprint density at radius 3 is 0.922 bits per heavy atom. The van der Waals surface area contributed by atoms with Gasteiger partial charge >= 0.3 is 59.7 Å². The summed E-state index contributed by atoms with van der Waals surface area (Å²) in [6.07, 6.45) is 1.39. The first kappa shape index (κ1) is 103. The van der Waals surface area contributed by atoms with Crippen molar-refractivity contribution in [2.24, 2.45) is 17.8 Å². The number of benzene rings is 9. The molecule has 28 heteroatoms. The Hall–Kier alpha value is -13.5. The minimum atomic E-state index is -1.02. The average molecular weight is 1760 g/mol. The molecule has 0 saturated carbocycles. The first-order valence-electron chi connectivity index (χ1n) is 41.4. The van der Waals surface area contributed by atoms with Crippen LogP contribution in [-0.2, 0) is 111 Å². The Bertz CT molecular complexity index is 5250. The van der Waals surface area contributed by atoms with Crippen molar-refractivity contribution in [2.45, 2.75) is 204 Å². The van der Waals surface area contributed by atoms with Crippen LogP contribution < -0.4 is 30.7 Å². The molecule has 9 aromatic carbocycles. The molecule has 0 aromatic heterocycles. The quantitative estimate of drug-likeness (QED) is 0.00839. The second-order valence-corrected chi connectivity index (χ2v) is 33.9. The molecule has 0 bridgehead atoms. The highest BCUT2D eigenvalue weighted by Gasteiger charge is 2.30. The SMILES string of the molecule is CC(=O)Oc1ccc(CNO)cc1.CC(=O)Oc1ccc(CONC(=O)CCC(Cc2cccc(-c3cccc(C(=O)O)c3)c2)C(=O)O)cc1.CC(=O)Oc1ccc(CONC(=O)CCC(Cc2cccc(-c3cccc(C(=O)OC(C)(C)C)c3)c2)C(=O)OC(C)(C)C)cc1.CC(C)(C)OC(=O)c1cccc(-c2cccc(CC(CCC(=O)O)C(=O)OC(C)(C)C)c2)c1. The molecular formula is C100H115N3O25. The number of carboxylic acids is 3. The molecule has 0 radical (unpaired) electrons. The predicted octanol–water partition coefficient (Wildman–Crippen LogP) is 17.8. The molecule has 7 N–H and O–H groups in total. The van der Waals surface area contributed by atoms with E-state index in [2.05, 4.69) is 11.0 Å². The van der Waals surface area contributed by atoms with E-state index >= 15 is 0 Å². The van der Waals surface area contributed by atoms with Gasteiger partial charge in [-0.2, -0.15) is 0 Å². The van der Waals surface area contributed by atoms with E-state index < -0.39 is 87.9 Å². The maximum absolute atomic E-state index is 13.2. The lowest BCUT2D eigenvalue weighted by atomic mass is 9.92. The van der Waals surface area contributed by atoms with E-state index in [0.29, 0.717) is 53.3 Å². The van der Waals surface area contributed by atoms with Gasteiger partial charge in [0.1, 0.15) is 39.7 Å². The molecule has 680 valence electrons. The van der Waals surface area contributed by atoms with E-state index in [0.717, 1.165) is 61.2 Å². The summed E-state index contributed by atoms with van der Waals surface area (Å²) in [6.45, 7) is 26.3. The highest BCUT2D eigenvalue weighted by Crippen LogP contribution is 2.31. The van der Waals surface area contributed by atoms with Gasteiger partial charge in [0.15, 0.2) is 0 Å². The lowest BCUT2D eigenvalue weighted by molar-refractivity contribution is -0.161. The molecular weight excluding hydrogens is 1640 g/mol. The highest BCUT2D eigenvalue weighted by molar-refractivity contribution is 5.93. The number of hydrogen-bond donors (Lipinski definition) is 7. The minimum absolute atomic E-state index is 0.0390. The molecule has 128 heavy (non-hydrogen) atoms. The zero-order valence-corrected chi connectivity index (χ0v) is 74.9. The van der Waals surface area contributed by atoms with Gasteiger partial charge in [-0.05, 0) is 261 Å². The number of rotatable bonds is 35. The summed E-state index contributed by atoms with van der Waals surface area (Å²) in [5.74, 6) is -7.15. The molecule has 9 aromatic rings. The second kappa shape index (κ2) is 50.0. The van der Waals surface area contributed by atoms with Crippen LogP contribution in [0.5, 0.6) is 17.2 Å². The fraction of sp³-hybridized carbons (Fsp3) is 0.340. The predicted molar refractivity (Wildman–Crippen MR) is 477 cm³/mol. The molecule has 28 nitrogen and oxygen atoms in total. The van der Waals surface area contributed by atoms with E-state index in [1.165, 1.54) is 26.8 Å². The summed E-state index contributed by atoms with van der Waals surface area (Å²) in [5, 5.41) is 36.4. The van der Waals surface area contributed by atoms with Gasteiger partial charge in [0.2, 0.25) is 11.8 Å². The van der Waals surface area contributed by atoms with Crippen molar-refractivity contribution in [3.05, 3.63) is 268 Å². The van der Waals surface area contributed by atoms with E-state index in [4.69, 9.17) is 53.1 Å². The van der Waals surface area contributed by atoms with Crippen molar-refractivity contribution < 1.29 is 121 Å². The van der Waals surface area contributed by atoms with Crippen molar-refractivity contribution >= 4 is 71.5 Å². The first-order chi connectivity index (χ1) is 60.2. The highest BCUT2D eigenvalue weighted by atomic mass is 16.7. The normalized spacial score (nSPS) is 11.8.